The maximum Gasteiger partial charge on any atom is 0.129 e. The Morgan fingerprint density at radius 2 is 1.94 bits per heavy atom. The Labute approximate surface area is 106 Å². The molecule has 17 heavy (non-hydrogen) atoms. The first-order chi connectivity index (χ1) is 8.04. The summed E-state index contributed by atoms with van der Waals surface area (Å²) in [5.74, 6) is 0.813. The second-order valence-corrected chi connectivity index (χ2v) is 5.12. The lowest BCUT2D eigenvalue weighted by atomic mass is 9.80. The van der Waals surface area contributed by atoms with E-state index >= 15 is 0 Å². The molecular weight excluding hydrogens is 236 g/mol. The number of methoxy groups -OCH3 is 1. The first kappa shape index (κ1) is 12.1. The number of ether oxygens (including phenoxy) is 1. The van der Waals surface area contributed by atoms with E-state index in [0.717, 1.165) is 17.0 Å². The van der Waals surface area contributed by atoms with Gasteiger partial charge in [0.1, 0.15) is 10.9 Å². The Kier molecular flexibility index (Phi) is 3.20. The molecule has 1 aromatic carbocycles. The molecule has 1 aliphatic rings. The van der Waals surface area contributed by atoms with Crippen LogP contribution >= 0.6 is 11.6 Å². The lowest BCUT2D eigenvalue weighted by Gasteiger charge is -2.28. The molecule has 2 rings (SSSR count). The van der Waals surface area contributed by atoms with Crippen molar-refractivity contribution in [2.75, 3.05) is 7.11 Å². The molecule has 0 saturated heterocycles. The number of hydrogen-bond acceptors (Lipinski definition) is 3. The van der Waals surface area contributed by atoms with Gasteiger partial charge >= 0.3 is 0 Å². The maximum absolute atomic E-state index is 5.94. The second-order valence-electron chi connectivity index (χ2n) is 4.69. The van der Waals surface area contributed by atoms with Gasteiger partial charge in [0, 0.05) is 17.4 Å². The molecule has 1 aliphatic heterocycles. The Morgan fingerprint density at radius 1 is 1.24 bits per heavy atom. The summed E-state index contributed by atoms with van der Waals surface area (Å²) in [6.07, 6.45) is 0.700. The summed E-state index contributed by atoms with van der Waals surface area (Å²) in [5.41, 5.74) is 1.76. The molecule has 1 heterocycles. The van der Waals surface area contributed by atoms with Crippen LogP contribution in [0.1, 0.15) is 25.8 Å². The largest absolute Gasteiger partial charge is 0.496 e. The molecule has 0 aromatic heterocycles. The van der Waals surface area contributed by atoms with Crippen molar-refractivity contribution in [3.05, 3.63) is 29.8 Å². The predicted molar refractivity (Wildman–Crippen MR) is 71.2 cm³/mol. The van der Waals surface area contributed by atoms with Crippen LogP contribution in [0.3, 0.4) is 0 Å². The van der Waals surface area contributed by atoms with Crippen molar-refractivity contribution < 1.29 is 4.74 Å². The molecule has 3 nitrogen and oxygen atoms in total. The van der Waals surface area contributed by atoms with Crippen LogP contribution in [0.25, 0.3) is 0 Å². The highest BCUT2D eigenvalue weighted by atomic mass is 35.5. The van der Waals surface area contributed by atoms with Crippen molar-refractivity contribution in [1.29, 1.82) is 0 Å². The third kappa shape index (κ3) is 2.34. The first-order valence-electron chi connectivity index (χ1n) is 5.48. The number of hydrogen-bond donors (Lipinski definition) is 0. The topological polar surface area (TPSA) is 34.0 Å². The molecule has 0 aliphatic carbocycles. The van der Waals surface area contributed by atoms with E-state index in [1.165, 1.54) is 0 Å². The average molecular weight is 251 g/mol. The Balaban J connectivity index is 2.52. The number of rotatable bonds is 2. The molecule has 1 aromatic rings. The Bertz CT molecular complexity index is 492. The minimum Gasteiger partial charge on any atom is -0.496 e. The Hall–Kier alpha value is -1.35. The van der Waals surface area contributed by atoms with Crippen LogP contribution in [-0.4, -0.2) is 18.0 Å². The van der Waals surface area contributed by atoms with E-state index in [9.17, 15) is 0 Å². The van der Waals surface area contributed by atoms with Gasteiger partial charge in [-0.25, -0.2) is 0 Å². The number of para-hydroxylation sites is 1. The van der Waals surface area contributed by atoms with Crippen LogP contribution in [0, 0.1) is 5.41 Å². The molecule has 0 N–H and O–H groups in total. The molecule has 4 heteroatoms. The van der Waals surface area contributed by atoms with Gasteiger partial charge in [-0.05, 0) is 12.1 Å². The average Bonchev–Trinajstić information content (AvgIpc) is 2.28. The van der Waals surface area contributed by atoms with Crippen molar-refractivity contribution in [3.8, 4) is 5.75 Å². The second kappa shape index (κ2) is 4.49. The summed E-state index contributed by atoms with van der Waals surface area (Å²) in [6, 6.07) is 7.83. The third-order valence-electron chi connectivity index (χ3n) is 2.85. The van der Waals surface area contributed by atoms with E-state index in [1.807, 2.05) is 24.3 Å². The van der Waals surface area contributed by atoms with Crippen molar-refractivity contribution in [2.24, 2.45) is 15.6 Å². The van der Waals surface area contributed by atoms with Gasteiger partial charge in [0.05, 0.1) is 12.8 Å². The lowest BCUT2D eigenvalue weighted by Crippen LogP contribution is -2.29. The zero-order valence-electron chi connectivity index (χ0n) is 10.2. The Morgan fingerprint density at radius 3 is 2.59 bits per heavy atom. The van der Waals surface area contributed by atoms with E-state index in [-0.39, 0.29) is 5.41 Å². The molecule has 90 valence electrons. The molecule has 0 atom stereocenters. The molecule has 0 amide bonds. The minimum atomic E-state index is -0.131. The van der Waals surface area contributed by atoms with Gasteiger partial charge < -0.3 is 4.74 Å². The quantitative estimate of drug-likeness (QED) is 0.791. The molecular formula is C13H15ClN2O. The fourth-order valence-corrected chi connectivity index (χ4v) is 2.35. The third-order valence-corrected chi connectivity index (χ3v) is 3.06. The normalized spacial score (nSPS) is 18.4. The fraction of sp³-hybridized carbons (Fsp3) is 0.385. The molecule has 0 spiro atoms. The van der Waals surface area contributed by atoms with Gasteiger partial charge in [-0.1, -0.05) is 37.6 Å². The van der Waals surface area contributed by atoms with Crippen molar-refractivity contribution in [3.63, 3.8) is 0 Å². The summed E-state index contributed by atoms with van der Waals surface area (Å²) in [4.78, 5) is 0. The molecule has 0 radical (unpaired) electrons. The maximum atomic E-state index is 5.94. The van der Waals surface area contributed by atoms with Gasteiger partial charge in [0.2, 0.25) is 0 Å². The van der Waals surface area contributed by atoms with Gasteiger partial charge in [-0.3, -0.25) is 0 Å². The van der Waals surface area contributed by atoms with Crippen LogP contribution in [0.15, 0.2) is 34.5 Å². The van der Waals surface area contributed by atoms with E-state index in [4.69, 9.17) is 16.3 Å². The monoisotopic (exact) mass is 250 g/mol. The summed E-state index contributed by atoms with van der Waals surface area (Å²) in [7, 11) is 1.66. The van der Waals surface area contributed by atoms with Crippen LogP contribution in [0.4, 0.5) is 0 Å². The minimum absolute atomic E-state index is 0.131. The molecule has 0 saturated carbocycles. The van der Waals surface area contributed by atoms with Gasteiger partial charge in [-0.2, -0.15) is 5.10 Å². The lowest BCUT2D eigenvalue weighted by molar-refractivity contribution is 0.412. The SMILES string of the molecule is COc1ccccc1C1=NN=C(Cl)CC1(C)C. The van der Waals surface area contributed by atoms with Gasteiger partial charge in [0.15, 0.2) is 0 Å². The highest BCUT2D eigenvalue weighted by molar-refractivity contribution is 6.65. The number of halogens is 1. The standard InChI is InChI=1S/C13H15ClN2O/c1-13(2)8-11(14)15-16-12(13)9-6-4-5-7-10(9)17-3/h4-7H,8H2,1-3H3. The van der Waals surface area contributed by atoms with Gasteiger partial charge in [-0.15, -0.1) is 5.10 Å². The van der Waals surface area contributed by atoms with Crippen molar-refractivity contribution in [2.45, 2.75) is 20.3 Å². The van der Waals surface area contributed by atoms with Gasteiger partial charge in [0.25, 0.3) is 0 Å². The van der Waals surface area contributed by atoms with Crippen LogP contribution in [0.2, 0.25) is 0 Å². The molecule has 0 fully saturated rings. The number of nitrogens with zero attached hydrogens (tertiary/aromatic N) is 2. The molecule has 0 unspecified atom stereocenters. The van der Waals surface area contributed by atoms with Crippen LogP contribution in [-0.2, 0) is 0 Å². The summed E-state index contributed by atoms with van der Waals surface area (Å²) < 4.78 is 5.36. The van der Waals surface area contributed by atoms with E-state index in [2.05, 4.69) is 24.1 Å². The summed E-state index contributed by atoms with van der Waals surface area (Å²) in [5, 5.41) is 8.76. The number of benzene rings is 1. The van der Waals surface area contributed by atoms with E-state index in [1.54, 1.807) is 7.11 Å². The first-order valence-corrected chi connectivity index (χ1v) is 5.86. The smallest absolute Gasteiger partial charge is 0.129 e. The van der Waals surface area contributed by atoms with E-state index < -0.39 is 0 Å². The summed E-state index contributed by atoms with van der Waals surface area (Å²) in [6.45, 7) is 4.21. The van der Waals surface area contributed by atoms with Crippen molar-refractivity contribution in [1.82, 2.24) is 0 Å². The highest BCUT2D eigenvalue weighted by Crippen LogP contribution is 2.34. The fourth-order valence-electron chi connectivity index (χ4n) is 1.98. The van der Waals surface area contributed by atoms with Crippen molar-refractivity contribution >= 4 is 22.5 Å². The van der Waals surface area contributed by atoms with Crippen LogP contribution in [0.5, 0.6) is 5.75 Å². The van der Waals surface area contributed by atoms with Crippen LogP contribution < -0.4 is 4.74 Å². The van der Waals surface area contributed by atoms with E-state index in [0.29, 0.717) is 11.6 Å². The zero-order chi connectivity index (χ0) is 12.5. The highest BCUT2D eigenvalue weighted by Gasteiger charge is 2.32. The zero-order valence-corrected chi connectivity index (χ0v) is 11.0. The summed E-state index contributed by atoms with van der Waals surface area (Å²) >= 11 is 5.94. The molecule has 0 bridgehead atoms. The predicted octanol–water partition coefficient (Wildman–Crippen LogP) is 3.47.